The van der Waals surface area contributed by atoms with Crippen LogP contribution in [0.3, 0.4) is 0 Å². The van der Waals surface area contributed by atoms with Gasteiger partial charge in [-0.25, -0.2) is 0 Å². The Labute approximate surface area is 163 Å². The molecule has 2 N–H and O–H groups in total. The molecule has 0 fully saturated rings. The number of carbonyl (C=O) groups is 2. The van der Waals surface area contributed by atoms with Crippen molar-refractivity contribution in [1.29, 1.82) is 0 Å². The third kappa shape index (κ3) is 5.80. The number of hydrogen-bond acceptors (Lipinski definition) is 5. The number of nitrogens with one attached hydrogen (secondary N) is 2. The van der Waals surface area contributed by atoms with Crippen LogP contribution in [0.25, 0.3) is 0 Å². The van der Waals surface area contributed by atoms with E-state index in [2.05, 4.69) is 10.6 Å². The molecule has 0 aliphatic carbocycles. The smallest absolute Gasteiger partial charge is 0.269 e. The van der Waals surface area contributed by atoms with E-state index < -0.39 is 11.0 Å². The van der Waals surface area contributed by atoms with Crippen LogP contribution >= 0.6 is 0 Å². The van der Waals surface area contributed by atoms with E-state index in [4.69, 9.17) is 4.74 Å². The first-order valence-electron chi connectivity index (χ1n) is 8.93. The summed E-state index contributed by atoms with van der Waals surface area (Å²) in [5.74, 6) is -0.192. The lowest BCUT2D eigenvalue weighted by atomic mass is 10.1. The number of non-ortho nitro benzene ring substituents is 1. The molecular formula is C20H23N3O5. The summed E-state index contributed by atoms with van der Waals surface area (Å²) in [5, 5.41) is 16.2. The minimum absolute atomic E-state index is 0.0538. The third-order valence-corrected chi connectivity index (χ3v) is 4.13. The molecule has 2 aromatic carbocycles. The van der Waals surface area contributed by atoms with Crippen LogP contribution in [0, 0.1) is 10.1 Å². The number of ether oxygens (including phenoxy) is 1. The van der Waals surface area contributed by atoms with Crippen LogP contribution in [0.1, 0.15) is 37.6 Å². The number of anilines is 1. The van der Waals surface area contributed by atoms with Gasteiger partial charge in [-0.15, -0.1) is 0 Å². The number of benzene rings is 2. The molecule has 0 aliphatic heterocycles. The van der Waals surface area contributed by atoms with Gasteiger partial charge in [-0.3, -0.25) is 19.7 Å². The van der Waals surface area contributed by atoms with Gasteiger partial charge < -0.3 is 15.4 Å². The third-order valence-electron chi connectivity index (χ3n) is 4.13. The Morgan fingerprint density at radius 2 is 1.68 bits per heavy atom. The van der Waals surface area contributed by atoms with Crippen LogP contribution in [-0.4, -0.2) is 28.9 Å². The van der Waals surface area contributed by atoms with Gasteiger partial charge in [0, 0.05) is 29.4 Å². The fourth-order valence-corrected chi connectivity index (χ4v) is 2.26. The van der Waals surface area contributed by atoms with Crippen LogP contribution in [-0.2, 0) is 4.79 Å². The number of nitro groups is 1. The Morgan fingerprint density at radius 1 is 1.07 bits per heavy atom. The Kier molecular flexibility index (Phi) is 7.08. The topological polar surface area (TPSA) is 111 Å². The standard InChI is InChI=1S/C20H23N3O5/c1-4-13(2)21-20(25)15-5-7-16(8-6-15)22-19(24)14(3)28-18-11-9-17(10-12-18)23(26)27/h5-14H,4H2,1-3H3,(H,21,25)(H,22,24). The van der Waals surface area contributed by atoms with Crippen molar-refractivity contribution in [1.82, 2.24) is 5.32 Å². The van der Waals surface area contributed by atoms with E-state index in [0.717, 1.165) is 6.42 Å². The number of rotatable bonds is 8. The molecule has 0 radical (unpaired) electrons. The molecule has 0 aromatic heterocycles. The second-order valence-corrected chi connectivity index (χ2v) is 6.36. The summed E-state index contributed by atoms with van der Waals surface area (Å²) >= 11 is 0. The van der Waals surface area contributed by atoms with Crippen molar-refractivity contribution in [3.8, 4) is 5.75 Å². The van der Waals surface area contributed by atoms with Gasteiger partial charge in [-0.1, -0.05) is 6.92 Å². The monoisotopic (exact) mass is 385 g/mol. The van der Waals surface area contributed by atoms with Gasteiger partial charge in [-0.05, 0) is 56.7 Å². The first-order chi connectivity index (χ1) is 13.3. The lowest BCUT2D eigenvalue weighted by molar-refractivity contribution is -0.384. The normalized spacial score (nSPS) is 12.5. The van der Waals surface area contributed by atoms with Crippen LogP contribution < -0.4 is 15.4 Å². The maximum Gasteiger partial charge on any atom is 0.269 e. The number of amides is 2. The fourth-order valence-electron chi connectivity index (χ4n) is 2.26. The van der Waals surface area contributed by atoms with Gasteiger partial charge in [0.1, 0.15) is 5.75 Å². The zero-order valence-corrected chi connectivity index (χ0v) is 16.0. The number of hydrogen-bond donors (Lipinski definition) is 2. The van der Waals surface area contributed by atoms with Gasteiger partial charge in [0.05, 0.1) is 4.92 Å². The number of nitrogens with zero attached hydrogens (tertiary/aromatic N) is 1. The van der Waals surface area contributed by atoms with Gasteiger partial charge in [0.25, 0.3) is 17.5 Å². The van der Waals surface area contributed by atoms with Crippen LogP contribution in [0.15, 0.2) is 48.5 Å². The van der Waals surface area contributed by atoms with Gasteiger partial charge in [-0.2, -0.15) is 0 Å². The van der Waals surface area contributed by atoms with Crippen LogP contribution in [0.2, 0.25) is 0 Å². The summed E-state index contributed by atoms with van der Waals surface area (Å²) in [6.45, 7) is 5.49. The molecule has 0 saturated heterocycles. The van der Waals surface area contributed by atoms with Gasteiger partial charge in [0.2, 0.25) is 0 Å². The average Bonchev–Trinajstić information content (AvgIpc) is 2.68. The molecule has 2 aromatic rings. The molecule has 28 heavy (non-hydrogen) atoms. The first-order valence-corrected chi connectivity index (χ1v) is 8.93. The number of nitro benzene ring substituents is 1. The maximum atomic E-state index is 12.3. The first kappa shape index (κ1) is 20.9. The summed E-state index contributed by atoms with van der Waals surface area (Å²) in [6, 6.07) is 12.1. The summed E-state index contributed by atoms with van der Waals surface area (Å²) in [6.07, 6.45) is 0.0295. The lowest BCUT2D eigenvalue weighted by Gasteiger charge is -2.15. The molecule has 0 heterocycles. The van der Waals surface area contributed by atoms with E-state index >= 15 is 0 Å². The van der Waals surface area contributed by atoms with E-state index in [0.29, 0.717) is 17.0 Å². The Balaban J connectivity index is 1.92. The largest absolute Gasteiger partial charge is 0.481 e. The second-order valence-electron chi connectivity index (χ2n) is 6.36. The molecule has 2 unspecified atom stereocenters. The van der Waals surface area contributed by atoms with Crippen molar-refractivity contribution in [2.24, 2.45) is 0 Å². The zero-order valence-electron chi connectivity index (χ0n) is 16.0. The summed E-state index contributed by atoms with van der Waals surface area (Å²) in [5.41, 5.74) is 0.986. The zero-order chi connectivity index (χ0) is 20.7. The summed E-state index contributed by atoms with van der Waals surface area (Å²) in [4.78, 5) is 34.5. The summed E-state index contributed by atoms with van der Waals surface area (Å²) in [7, 11) is 0. The molecule has 8 nitrogen and oxygen atoms in total. The van der Waals surface area contributed by atoms with Crippen molar-refractivity contribution in [2.75, 3.05) is 5.32 Å². The highest BCUT2D eigenvalue weighted by atomic mass is 16.6. The molecule has 0 bridgehead atoms. The minimum atomic E-state index is -0.810. The van der Waals surface area contributed by atoms with Crippen molar-refractivity contribution < 1.29 is 19.2 Å². The number of carbonyl (C=O) groups excluding carboxylic acids is 2. The SMILES string of the molecule is CCC(C)NC(=O)c1ccc(NC(=O)C(C)Oc2ccc([N+](=O)[O-])cc2)cc1. The highest BCUT2D eigenvalue weighted by molar-refractivity contribution is 5.96. The molecule has 2 atom stereocenters. The van der Waals surface area contributed by atoms with Crippen LogP contribution in [0.5, 0.6) is 5.75 Å². The molecular weight excluding hydrogens is 362 g/mol. The van der Waals surface area contributed by atoms with Gasteiger partial charge in [0.15, 0.2) is 6.10 Å². The van der Waals surface area contributed by atoms with Crippen molar-refractivity contribution >= 4 is 23.2 Å². The Bertz CT molecular complexity index is 834. The molecule has 2 rings (SSSR count). The minimum Gasteiger partial charge on any atom is -0.481 e. The maximum absolute atomic E-state index is 12.3. The highest BCUT2D eigenvalue weighted by Crippen LogP contribution is 2.19. The fraction of sp³-hybridized carbons (Fsp3) is 0.300. The van der Waals surface area contributed by atoms with Gasteiger partial charge >= 0.3 is 0 Å². The second kappa shape index (κ2) is 9.50. The van der Waals surface area contributed by atoms with E-state index in [1.807, 2.05) is 13.8 Å². The quantitative estimate of drug-likeness (QED) is 0.533. The predicted octanol–water partition coefficient (Wildman–Crippen LogP) is 3.53. The van der Waals surface area contributed by atoms with Crippen LogP contribution in [0.4, 0.5) is 11.4 Å². The molecule has 0 saturated carbocycles. The highest BCUT2D eigenvalue weighted by Gasteiger charge is 2.16. The van der Waals surface area contributed by atoms with E-state index in [-0.39, 0.29) is 23.5 Å². The van der Waals surface area contributed by atoms with E-state index in [9.17, 15) is 19.7 Å². The molecule has 148 valence electrons. The average molecular weight is 385 g/mol. The Hall–Kier alpha value is -3.42. The summed E-state index contributed by atoms with van der Waals surface area (Å²) < 4.78 is 5.50. The van der Waals surface area contributed by atoms with Crippen molar-refractivity contribution in [3.05, 3.63) is 64.2 Å². The molecule has 0 spiro atoms. The Morgan fingerprint density at radius 3 is 2.21 bits per heavy atom. The van der Waals surface area contributed by atoms with E-state index in [1.165, 1.54) is 24.3 Å². The molecule has 8 heteroatoms. The van der Waals surface area contributed by atoms with E-state index in [1.54, 1.807) is 31.2 Å². The molecule has 0 aliphatic rings. The van der Waals surface area contributed by atoms with Crippen molar-refractivity contribution in [2.45, 2.75) is 39.3 Å². The predicted molar refractivity (Wildman–Crippen MR) is 105 cm³/mol. The van der Waals surface area contributed by atoms with Crippen molar-refractivity contribution in [3.63, 3.8) is 0 Å². The molecule has 2 amide bonds. The lowest BCUT2D eigenvalue weighted by Crippen LogP contribution is -2.32.